The quantitative estimate of drug-likeness (QED) is 0.608. The van der Waals surface area contributed by atoms with Gasteiger partial charge in [0.25, 0.3) is 0 Å². The van der Waals surface area contributed by atoms with E-state index in [2.05, 4.69) is 18.8 Å². The van der Waals surface area contributed by atoms with Gasteiger partial charge in [-0.15, -0.1) is 0 Å². The smallest absolute Gasteiger partial charge is 0.244 e. The van der Waals surface area contributed by atoms with Gasteiger partial charge in [0.1, 0.15) is 6.61 Å². The molecular weight excluding hydrogens is 302 g/mol. The lowest BCUT2D eigenvalue weighted by molar-refractivity contribution is -0.117. The van der Waals surface area contributed by atoms with Crippen LogP contribution in [0.3, 0.4) is 0 Å². The lowest BCUT2D eigenvalue weighted by atomic mass is 9.87. The van der Waals surface area contributed by atoms with Crippen LogP contribution in [0.4, 0.5) is 0 Å². The topological polar surface area (TPSA) is 47.6 Å². The first kappa shape index (κ1) is 18.1. The summed E-state index contributed by atoms with van der Waals surface area (Å²) in [6, 6.07) is 5.89. The van der Waals surface area contributed by atoms with Crippen LogP contribution in [-0.2, 0) is 4.79 Å². The van der Waals surface area contributed by atoms with E-state index >= 15 is 0 Å². The molecule has 24 heavy (non-hydrogen) atoms. The second-order valence-electron chi connectivity index (χ2n) is 6.31. The van der Waals surface area contributed by atoms with Gasteiger partial charge in [0.2, 0.25) is 5.91 Å². The third-order valence-corrected chi connectivity index (χ3v) is 4.33. The summed E-state index contributed by atoms with van der Waals surface area (Å²) in [6.45, 7) is 6.32. The first-order valence-corrected chi connectivity index (χ1v) is 8.52. The molecule has 1 aliphatic carbocycles. The number of benzene rings is 1. The number of methoxy groups -OCH3 is 1. The average molecular weight is 329 g/mol. The van der Waals surface area contributed by atoms with Crippen molar-refractivity contribution >= 4 is 12.0 Å². The minimum atomic E-state index is -0.0412. The predicted molar refractivity (Wildman–Crippen MR) is 97.3 cm³/mol. The Bertz CT molecular complexity index is 587. The minimum absolute atomic E-state index is 0.0412. The van der Waals surface area contributed by atoms with E-state index in [-0.39, 0.29) is 5.91 Å². The third-order valence-electron chi connectivity index (χ3n) is 4.33. The summed E-state index contributed by atoms with van der Waals surface area (Å²) in [6.07, 6.45) is 9.59. The van der Waals surface area contributed by atoms with Gasteiger partial charge in [-0.25, -0.2) is 0 Å². The van der Waals surface area contributed by atoms with Crippen molar-refractivity contribution in [1.29, 1.82) is 0 Å². The molecule has 0 atom stereocenters. The van der Waals surface area contributed by atoms with Gasteiger partial charge in [0.05, 0.1) is 7.11 Å². The van der Waals surface area contributed by atoms with Gasteiger partial charge in [-0.05, 0) is 55.4 Å². The molecule has 0 radical (unpaired) electrons. The fourth-order valence-electron chi connectivity index (χ4n) is 2.88. The molecule has 1 fully saturated rings. The molecule has 1 saturated carbocycles. The molecule has 1 N–H and O–H groups in total. The summed E-state index contributed by atoms with van der Waals surface area (Å²) in [4.78, 5) is 12.1. The zero-order chi connectivity index (χ0) is 17.4. The lowest BCUT2D eigenvalue weighted by Gasteiger charge is -2.26. The largest absolute Gasteiger partial charge is 0.493 e. The van der Waals surface area contributed by atoms with Crippen molar-refractivity contribution in [1.82, 2.24) is 5.32 Å². The van der Waals surface area contributed by atoms with Crippen molar-refractivity contribution in [3.8, 4) is 11.5 Å². The van der Waals surface area contributed by atoms with Crippen LogP contribution in [0.5, 0.6) is 11.5 Å². The van der Waals surface area contributed by atoms with E-state index in [1.165, 1.54) is 12.8 Å². The van der Waals surface area contributed by atoms with Crippen LogP contribution in [0.15, 0.2) is 36.9 Å². The highest BCUT2D eigenvalue weighted by Crippen LogP contribution is 2.28. The standard InChI is InChI=1S/C20H27NO3/c1-4-13-24-18-11-7-16(14-19(18)23-3)8-12-20(22)21-17-9-5-15(2)6-10-17/h4,7-8,11-12,14-15,17H,1,5-6,9-10,13H2,2-3H3,(H,21,22). The van der Waals surface area contributed by atoms with E-state index in [0.717, 1.165) is 24.3 Å². The van der Waals surface area contributed by atoms with Crippen LogP contribution >= 0.6 is 0 Å². The van der Waals surface area contributed by atoms with Gasteiger partial charge in [-0.2, -0.15) is 0 Å². The Balaban J connectivity index is 1.92. The molecule has 4 nitrogen and oxygen atoms in total. The monoisotopic (exact) mass is 329 g/mol. The maximum Gasteiger partial charge on any atom is 0.244 e. The molecule has 2 rings (SSSR count). The summed E-state index contributed by atoms with van der Waals surface area (Å²) >= 11 is 0. The van der Waals surface area contributed by atoms with E-state index < -0.39 is 0 Å². The fourth-order valence-corrected chi connectivity index (χ4v) is 2.88. The second kappa shape index (κ2) is 9.16. The number of ether oxygens (including phenoxy) is 2. The van der Waals surface area contributed by atoms with E-state index in [4.69, 9.17) is 9.47 Å². The molecular formula is C20H27NO3. The van der Waals surface area contributed by atoms with E-state index in [1.54, 1.807) is 25.3 Å². The zero-order valence-corrected chi connectivity index (χ0v) is 14.6. The number of hydrogen-bond acceptors (Lipinski definition) is 3. The molecule has 0 spiro atoms. The van der Waals surface area contributed by atoms with Crippen LogP contribution in [0.1, 0.15) is 38.2 Å². The van der Waals surface area contributed by atoms with Crippen LogP contribution < -0.4 is 14.8 Å². The molecule has 4 heteroatoms. The van der Waals surface area contributed by atoms with Crippen molar-refractivity contribution in [2.75, 3.05) is 13.7 Å². The Morgan fingerprint density at radius 1 is 1.29 bits per heavy atom. The SMILES string of the molecule is C=CCOc1ccc(C=CC(=O)NC2CCC(C)CC2)cc1OC. The molecule has 1 aliphatic rings. The predicted octanol–water partition coefficient (Wildman–Crippen LogP) is 3.97. The Morgan fingerprint density at radius 3 is 2.71 bits per heavy atom. The molecule has 0 bridgehead atoms. The number of carbonyl (C=O) groups is 1. The van der Waals surface area contributed by atoms with Gasteiger partial charge in [-0.1, -0.05) is 25.6 Å². The maximum atomic E-state index is 12.1. The molecule has 1 aromatic carbocycles. The first-order chi connectivity index (χ1) is 11.6. The molecule has 1 aromatic rings. The Hall–Kier alpha value is -2.23. The number of rotatable bonds is 7. The van der Waals surface area contributed by atoms with Gasteiger partial charge >= 0.3 is 0 Å². The van der Waals surface area contributed by atoms with E-state index in [1.807, 2.05) is 18.2 Å². The van der Waals surface area contributed by atoms with E-state index in [9.17, 15) is 4.79 Å². The lowest BCUT2D eigenvalue weighted by Crippen LogP contribution is -2.36. The number of carbonyl (C=O) groups excluding carboxylic acids is 1. The van der Waals surface area contributed by atoms with E-state index in [0.29, 0.717) is 24.1 Å². The molecule has 0 unspecified atom stereocenters. The third kappa shape index (κ3) is 5.44. The molecule has 1 amide bonds. The summed E-state index contributed by atoms with van der Waals surface area (Å²) in [5.74, 6) is 2.04. The molecule has 0 aliphatic heterocycles. The van der Waals surface area contributed by atoms with Gasteiger partial charge in [0, 0.05) is 12.1 Å². The highest BCUT2D eigenvalue weighted by Gasteiger charge is 2.18. The molecule has 130 valence electrons. The fraction of sp³-hybridized carbons (Fsp3) is 0.450. The highest BCUT2D eigenvalue weighted by atomic mass is 16.5. The summed E-state index contributed by atoms with van der Waals surface area (Å²) < 4.78 is 10.8. The van der Waals surface area contributed by atoms with Gasteiger partial charge < -0.3 is 14.8 Å². The Morgan fingerprint density at radius 2 is 2.04 bits per heavy atom. The van der Waals surface area contributed by atoms with Crippen LogP contribution in [-0.4, -0.2) is 25.7 Å². The Labute approximate surface area is 144 Å². The number of hydrogen-bond donors (Lipinski definition) is 1. The second-order valence-corrected chi connectivity index (χ2v) is 6.31. The summed E-state index contributed by atoms with van der Waals surface area (Å²) in [5.41, 5.74) is 0.894. The van der Waals surface area contributed by atoms with Crippen LogP contribution in [0.2, 0.25) is 0 Å². The summed E-state index contributed by atoms with van der Waals surface area (Å²) in [7, 11) is 1.60. The first-order valence-electron chi connectivity index (χ1n) is 8.52. The van der Waals surface area contributed by atoms with Crippen molar-refractivity contribution in [2.45, 2.75) is 38.6 Å². The number of amides is 1. The zero-order valence-electron chi connectivity index (χ0n) is 14.6. The van der Waals surface area contributed by atoms with Crippen LogP contribution in [0, 0.1) is 5.92 Å². The molecule has 0 saturated heterocycles. The van der Waals surface area contributed by atoms with Crippen LogP contribution in [0.25, 0.3) is 6.08 Å². The van der Waals surface area contributed by atoms with Gasteiger partial charge in [0.15, 0.2) is 11.5 Å². The molecule has 0 aromatic heterocycles. The molecule has 0 heterocycles. The number of nitrogens with one attached hydrogen (secondary N) is 1. The Kier molecular flexibility index (Phi) is 6.91. The average Bonchev–Trinajstić information content (AvgIpc) is 2.60. The highest BCUT2D eigenvalue weighted by molar-refractivity contribution is 5.92. The van der Waals surface area contributed by atoms with Crippen molar-refractivity contribution in [2.24, 2.45) is 5.92 Å². The van der Waals surface area contributed by atoms with Crippen molar-refractivity contribution in [3.05, 3.63) is 42.5 Å². The van der Waals surface area contributed by atoms with Gasteiger partial charge in [-0.3, -0.25) is 4.79 Å². The van der Waals surface area contributed by atoms with Crippen molar-refractivity contribution in [3.63, 3.8) is 0 Å². The summed E-state index contributed by atoms with van der Waals surface area (Å²) in [5, 5.41) is 3.08. The minimum Gasteiger partial charge on any atom is -0.493 e. The maximum absolute atomic E-state index is 12.1. The normalized spacial score (nSPS) is 20.6. The van der Waals surface area contributed by atoms with Crippen molar-refractivity contribution < 1.29 is 14.3 Å².